The Balaban J connectivity index is 2.46. The highest BCUT2D eigenvalue weighted by molar-refractivity contribution is 5.40. The quantitative estimate of drug-likeness (QED) is 0.302. The molecule has 0 spiro atoms. The maximum atomic E-state index is 2.34. The van der Waals surface area contributed by atoms with Gasteiger partial charge in [0.1, 0.15) is 0 Å². The minimum atomic E-state index is 1.30. The fraction of sp³-hybridized carbons (Fsp3) is 0.750. The number of benzene rings is 1. The smallest absolute Gasteiger partial charge is 0.0273 e. The average Bonchev–Trinajstić information content (AvgIpc) is 2.58. The fourth-order valence-corrected chi connectivity index (χ4v) is 3.79. The van der Waals surface area contributed by atoms with Gasteiger partial charge in [0.15, 0.2) is 0 Å². The van der Waals surface area contributed by atoms with E-state index in [9.17, 15) is 0 Å². The van der Waals surface area contributed by atoms with Gasteiger partial charge in [0.2, 0.25) is 0 Å². The summed E-state index contributed by atoms with van der Waals surface area (Å²) in [5.41, 5.74) is 6.41. The second-order valence-corrected chi connectivity index (χ2v) is 7.69. The Morgan fingerprint density at radius 2 is 0.833 bits per heavy atom. The van der Waals surface area contributed by atoms with Crippen molar-refractivity contribution in [2.45, 2.75) is 118 Å². The molecule has 138 valence electrons. The van der Waals surface area contributed by atoms with Crippen molar-refractivity contribution in [3.8, 4) is 0 Å². The third-order valence-corrected chi connectivity index (χ3v) is 5.46. The van der Waals surface area contributed by atoms with Gasteiger partial charge in [-0.1, -0.05) is 90.2 Å². The Kier molecular flexibility index (Phi) is 12.0. The normalized spacial score (nSPS) is 11.2. The molecule has 0 atom stereocenters. The van der Waals surface area contributed by atoms with E-state index >= 15 is 0 Å². The first-order valence-electron chi connectivity index (χ1n) is 10.8. The van der Waals surface area contributed by atoms with E-state index in [-0.39, 0.29) is 0 Å². The predicted octanol–water partition coefficient (Wildman–Crippen LogP) is 8.11. The van der Waals surface area contributed by atoms with Gasteiger partial charge >= 0.3 is 0 Å². The Hall–Kier alpha value is -0.780. The van der Waals surface area contributed by atoms with Crippen molar-refractivity contribution in [1.29, 1.82) is 0 Å². The molecule has 0 heterocycles. The molecule has 1 aromatic rings. The van der Waals surface area contributed by atoms with Crippen LogP contribution in [0.4, 0.5) is 0 Å². The maximum absolute atomic E-state index is 2.34. The lowest BCUT2D eigenvalue weighted by atomic mass is 9.90. The van der Waals surface area contributed by atoms with Crippen LogP contribution in [0.25, 0.3) is 0 Å². The molecule has 0 aliphatic rings. The first-order chi connectivity index (χ1) is 11.7. The van der Waals surface area contributed by atoms with Gasteiger partial charge < -0.3 is 0 Å². The zero-order valence-corrected chi connectivity index (χ0v) is 17.1. The van der Waals surface area contributed by atoms with Gasteiger partial charge in [-0.25, -0.2) is 0 Å². The highest BCUT2D eigenvalue weighted by Crippen LogP contribution is 2.24. The van der Waals surface area contributed by atoms with Crippen LogP contribution >= 0.6 is 0 Å². The number of hydrogen-bond donors (Lipinski definition) is 0. The molecular formula is C24H42. The lowest BCUT2D eigenvalue weighted by Gasteiger charge is -2.16. The molecule has 0 saturated carbocycles. The van der Waals surface area contributed by atoms with Crippen molar-refractivity contribution in [1.82, 2.24) is 0 Å². The van der Waals surface area contributed by atoms with Crippen LogP contribution in [0.1, 0.15) is 113 Å². The summed E-state index contributed by atoms with van der Waals surface area (Å²) < 4.78 is 0. The van der Waals surface area contributed by atoms with Crippen molar-refractivity contribution >= 4 is 0 Å². The van der Waals surface area contributed by atoms with Crippen LogP contribution in [0, 0.1) is 13.8 Å². The second-order valence-electron chi connectivity index (χ2n) is 7.69. The lowest BCUT2D eigenvalue weighted by molar-refractivity contribution is 0.598. The standard InChI is InChI=1S/C24H42/c1-5-7-9-11-13-15-17-23-21(3)19-20-22(4)24(23)18-16-14-12-10-8-6-2/h19-20H,5-18H2,1-4H3. The summed E-state index contributed by atoms with van der Waals surface area (Å²) >= 11 is 0. The number of rotatable bonds is 14. The molecule has 0 radical (unpaired) electrons. The van der Waals surface area contributed by atoms with Gasteiger partial charge in [0, 0.05) is 0 Å². The summed E-state index contributed by atoms with van der Waals surface area (Å²) in [6, 6.07) is 4.68. The van der Waals surface area contributed by atoms with E-state index in [4.69, 9.17) is 0 Å². The van der Waals surface area contributed by atoms with Gasteiger partial charge in [-0.2, -0.15) is 0 Å². The van der Waals surface area contributed by atoms with Crippen LogP contribution in [0.15, 0.2) is 12.1 Å². The van der Waals surface area contributed by atoms with Gasteiger partial charge in [0.05, 0.1) is 0 Å². The van der Waals surface area contributed by atoms with Crippen LogP contribution in [0.2, 0.25) is 0 Å². The minimum Gasteiger partial charge on any atom is -0.0654 e. The summed E-state index contributed by atoms with van der Waals surface area (Å²) in [5.74, 6) is 0. The predicted molar refractivity (Wildman–Crippen MR) is 110 cm³/mol. The molecule has 0 bridgehead atoms. The largest absolute Gasteiger partial charge is 0.0654 e. The van der Waals surface area contributed by atoms with Crippen LogP contribution in [0.3, 0.4) is 0 Å². The Morgan fingerprint density at radius 3 is 1.21 bits per heavy atom. The molecule has 0 saturated heterocycles. The molecule has 24 heavy (non-hydrogen) atoms. The van der Waals surface area contributed by atoms with E-state index in [0.29, 0.717) is 0 Å². The monoisotopic (exact) mass is 330 g/mol. The van der Waals surface area contributed by atoms with E-state index < -0.39 is 0 Å². The zero-order chi connectivity index (χ0) is 17.6. The van der Waals surface area contributed by atoms with Crippen LogP contribution in [-0.2, 0) is 12.8 Å². The van der Waals surface area contributed by atoms with Crippen molar-refractivity contribution in [3.05, 3.63) is 34.4 Å². The van der Waals surface area contributed by atoms with E-state index in [1.807, 2.05) is 0 Å². The number of aryl methyl sites for hydroxylation is 2. The fourth-order valence-electron chi connectivity index (χ4n) is 3.79. The molecule has 0 aliphatic carbocycles. The first-order valence-corrected chi connectivity index (χ1v) is 10.8. The SMILES string of the molecule is CCCCCCCCc1c(C)ccc(C)c1CCCCCCCC. The Morgan fingerprint density at radius 1 is 0.500 bits per heavy atom. The summed E-state index contributed by atoms with van der Waals surface area (Å²) in [6.07, 6.45) is 19.4. The third kappa shape index (κ3) is 8.36. The molecule has 1 rings (SSSR count). The van der Waals surface area contributed by atoms with E-state index in [1.54, 1.807) is 11.1 Å². The van der Waals surface area contributed by atoms with Gasteiger partial charge in [0.25, 0.3) is 0 Å². The lowest BCUT2D eigenvalue weighted by Crippen LogP contribution is -2.01. The summed E-state index contributed by atoms with van der Waals surface area (Å²) in [4.78, 5) is 0. The molecule has 0 nitrogen and oxygen atoms in total. The molecule has 0 unspecified atom stereocenters. The van der Waals surface area contributed by atoms with Crippen molar-refractivity contribution in [3.63, 3.8) is 0 Å². The van der Waals surface area contributed by atoms with Gasteiger partial charge in [-0.15, -0.1) is 0 Å². The third-order valence-electron chi connectivity index (χ3n) is 5.46. The second kappa shape index (κ2) is 13.5. The molecule has 0 aliphatic heterocycles. The van der Waals surface area contributed by atoms with E-state index in [1.165, 1.54) is 101 Å². The Bertz CT molecular complexity index is 389. The van der Waals surface area contributed by atoms with Crippen LogP contribution in [-0.4, -0.2) is 0 Å². The van der Waals surface area contributed by atoms with Gasteiger partial charge in [-0.3, -0.25) is 0 Å². The van der Waals surface area contributed by atoms with E-state index in [2.05, 4.69) is 39.8 Å². The molecule has 0 amide bonds. The summed E-state index contributed by atoms with van der Waals surface area (Å²) in [6.45, 7) is 9.22. The molecule has 1 aromatic carbocycles. The van der Waals surface area contributed by atoms with E-state index in [0.717, 1.165) is 0 Å². The van der Waals surface area contributed by atoms with Crippen molar-refractivity contribution in [2.24, 2.45) is 0 Å². The Labute approximate surface area is 152 Å². The maximum Gasteiger partial charge on any atom is -0.0273 e. The zero-order valence-electron chi connectivity index (χ0n) is 17.1. The first kappa shape index (κ1) is 21.3. The average molecular weight is 331 g/mol. The van der Waals surface area contributed by atoms with Crippen molar-refractivity contribution in [2.75, 3.05) is 0 Å². The molecule has 0 aromatic heterocycles. The molecule has 0 N–H and O–H groups in total. The summed E-state index contributed by atoms with van der Waals surface area (Å²) in [5, 5.41) is 0. The highest BCUT2D eigenvalue weighted by atomic mass is 14.1. The van der Waals surface area contributed by atoms with Crippen LogP contribution < -0.4 is 0 Å². The van der Waals surface area contributed by atoms with Gasteiger partial charge in [-0.05, 0) is 61.8 Å². The molecule has 0 fully saturated rings. The topological polar surface area (TPSA) is 0 Å². The number of hydrogen-bond acceptors (Lipinski definition) is 0. The molecule has 0 heteroatoms. The number of unbranched alkanes of at least 4 members (excludes halogenated alkanes) is 10. The van der Waals surface area contributed by atoms with Crippen LogP contribution in [0.5, 0.6) is 0 Å². The minimum absolute atomic E-state index is 1.30. The molecular weight excluding hydrogens is 288 g/mol. The van der Waals surface area contributed by atoms with Crippen molar-refractivity contribution < 1.29 is 0 Å². The highest BCUT2D eigenvalue weighted by Gasteiger charge is 2.09. The summed E-state index contributed by atoms with van der Waals surface area (Å²) in [7, 11) is 0.